The molecular weight excluding hydrogens is 1190 g/mol. The summed E-state index contributed by atoms with van der Waals surface area (Å²) in [6, 6.07) is 1.49. The van der Waals surface area contributed by atoms with Crippen LogP contribution in [0.5, 0.6) is 17.2 Å². The first-order chi connectivity index (χ1) is 42.0. The highest BCUT2D eigenvalue weighted by atomic mass is 16.8. The first-order valence-corrected chi connectivity index (χ1v) is 30.2. The summed E-state index contributed by atoms with van der Waals surface area (Å²) in [5, 5.41) is 112. The number of ketones is 2. The number of aromatic hydroxyl groups is 2. The molecule has 30 heteroatoms. The van der Waals surface area contributed by atoms with Crippen molar-refractivity contribution in [2.45, 2.75) is 246 Å². The van der Waals surface area contributed by atoms with Crippen LogP contribution in [0.3, 0.4) is 0 Å². The van der Waals surface area contributed by atoms with Crippen molar-refractivity contribution in [2.24, 2.45) is 0 Å². The van der Waals surface area contributed by atoms with Gasteiger partial charge in [-0.05, 0) is 89.6 Å². The van der Waals surface area contributed by atoms with Gasteiger partial charge in [0.15, 0.2) is 37.0 Å². The van der Waals surface area contributed by atoms with E-state index in [0.717, 1.165) is 0 Å². The van der Waals surface area contributed by atoms with E-state index in [1.807, 2.05) is 4.90 Å². The number of carbonyl (C=O) groups excluding carboxylic acids is 3. The summed E-state index contributed by atoms with van der Waals surface area (Å²) in [5.74, 6) is -5.21. The summed E-state index contributed by atoms with van der Waals surface area (Å²) in [4.78, 5) is 57.3. The Morgan fingerprint density at radius 3 is 1.79 bits per heavy atom. The lowest BCUT2D eigenvalue weighted by Gasteiger charge is -2.57. The minimum atomic E-state index is -1.81. The van der Waals surface area contributed by atoms with Crippen LogP contribution in [0.1, 0.15) is 155 Å². The third-order valence-electron chi connectivity index (χ3n) is 19.6. The maximum Gasteiger partial charge on any atom is 0.306 e. The monoisotopic (exact) mass is 1280 g/mol. The molecule has 0 radical (unpaired) electrons. The number of hydrogen-bond acceptors (Lipinski definition) is 29. The fourth-order valence-electron chi connectivity index (χ4n) is 14.8. The molecule has 0 amide bonds. The van der Waals surface area contributed by atoms with E-state index >= 15 is 4.79 Å². The van der Waals surface area contributed by atoms with E-state index in [2.05, 4.69) is 0 Å². The van der Waals surface area contributed by atoms with Gasteiger partial charge in [0.05, 0.1) is 77.8 Å². The second kappa shape index (κ2) is 25.2. The highest BCUT2D eigenvalue weighted by Gasteiger charge is 2.63. The number of nitrogens with zero attached hydrogens (tertiary/aromatic N) is 4. The Labute approximate surface area is 519 Å². The number of likely N-dealkylation sites (N-methyl/N-ethyl adjacent to an activating group) is 2. The molecule has 30 nitrogen and oxygen atoms in total. The van der Waals surface area contributed by atoms with E-state index in [9.17, 15) is 60.7 Å². The van der Waals surface area contributed by atoms with Gasteiger partial charge in [-0.15, -0.1) is 0 Å². The Morgan fingerprint density at radius 2 is 1.22 bits per heavy atom. The zero-order valence-electron chi connectivity index (χ0n) is 52.6. The smallest absolute Gasteiger partial charge is 0.306 e. The number of methoxy groups -OCH3 is 1. The molecule has 502 valence electrons. The average molecular weight is 1280 g/mol. The molecule has 8 aliphatic rings. The molecule has 2 aromatic rings. The Kier molecular flexibility index (Phi) is 19.1. The molecule has 0 saturated carbocycles. The van der Waals surface area contributed by atoms with Crippen molar-refractivity contribution in [3.63, 3.8) is 0 Å². The van der Waals surface area contributed by atoms with Gasteiger partial charge in [-0.2, -0.15) is 0 Å². The molecule has 19 unspecified atom stereocenters. The van der Waals surface area contributed by atoms with Gasteiger partial charge in [0, 0.05) is 73.9 Å². The molecule has 2 aromatic carbocycles. The van der Waals surface area contributed by atoms with Gasteiger partial charge in [0.25, 0.3) is 0 Å². The zero-order valence-corrected chi connectivity index (χ0v) is 52.6. The van der Waals surface area contributed by atoms with Crippen molar-refractivity contribution >= 4 is 23.5 Å². The number of phenols is 2. The van der Waals surface area contributed by atoms with Crippen molar-refractivity contribution in [3.05, 3.63) is 51.1 Å². The summed E-state index contributed by atoms with van der Waals surface area (Å²) in [6.07, 6.45) is -20.3. The van der Waals surface area contributed by atoms with Crippen molar-refractivity contribution in [1.29, 1.82) is 0 Å². The van der Waals surface area contributed by atoms with Crippen LogP contribution in [-0.4, -0.2) is 258 Å². The number of hydrogen-bond donors (Lipinski definition) is 10. The minimum Gasteiger partial charge on any atom is -0.507 e. The highest BCUT2D eigenvalue weighted by Crippen LogP contribution is 2.56. The summed E-state index contributed by atoms with van der Waals surface area (Å²) in [6.45, 7) is 12.5. The normalized spacial score (nSPS) is 40.9. The molecule has 6 heterocycles. The van der Waals surface area contributed by atoms with Gasteiger partial charge in [-0.3, -0.25) is 40.0 Å². The number of carboxylic acids is 1. The van der Waals surface area contributed by atoms with Crippen LogP contribution in [0.15, 0.2) is 12.1 Å². The van der Waals surface area contributed by atoms with Crippen LogP contribution in [0.4, 0.5) is 0 Å². The summed E-state index contributed by atoms with van der Waals surface area (Å²) >= 11 is 0. The van der Waals surface area contributed by atoms with Gasteiger partial charge in [-0.1, -0.05) is 16.5 Å². The Bertz CT molecular complexity index is 3060. The fourth-order valence-corrected chi connectivity index (χ4v) is 14.8. The number of fused-ring (bicyclic) bond motifs is 8. The van der Waals surface area contributed by atoms with Gasteiger partial charge >= 0.3 is 11.9 Å². The van der Waals surface area contributed by atoms with Crippen LogP contribution in [0.2, 0.25) is 0 Å². The van der Waals surface area contributed by atoms with Crippen LogP contribution >= 0.6 is 0 Å². The lowest BCUT2D eigenvalue weighted by atomic mass is 9.72. The number of carboxylic acid groups (broad SMARTS) is 1. The third-order valence-corrected chi connectivity index (χ3v) is 19.6. The van der Waals surface area contributed by atoms with E-state index in [4.69, 9.17) is 61.9 Å². The maximum absolute atomic E-state index is 15.3. The summed E-state index contributed by atoms with van der Waals surface area (Å²) < 4.78 is 75.4. The summed E-state index contributed by atoms with van der Waals surface area (Å²) in [7, 11) is 8.35. The molecule has 0 spiro atoms. The number of rotatable bonds is 17. The number of ether oxygens (including phenoxy) is 12. The van der Waals surface area contributed by atoms with Gasteiger partial charge in [-0.25, -0.2) is 0 Å². The van der Waals surface area contributed by atoms with Crippen molar-refractivity contribution in [2.75, 3.05) is 35.3 Å². The molecule has 10 N–H and O–H groups in total. The van der Waals surface area contributed by atoms with Gasteiger partial charge < -0.3 is 97.3 Å². The molecule has 2 bridgehead atoms. The number of benzene rings is 2. The van der Waals surface area contributed by atoms with E-state index in [1.54, 1.807) is 67.7 Å². The SMILES string of the molecule is COC1CC(OC2C(C)OC(OC3C(C)OC(O[C@H]4[C@@H](N(C)C)[C@H](O)C5Oc6c(ccc7c6C(=O)c6c(O)c8c(c(O)c6C7=O)C(OC6CC(N(C)C)C(O)C(C)O6)CC(C)(O)C8)[C@@]4(C)O5)CC3(C)N(O)O)CC2(C)N(O)O)OC(C)C1OC(=O)CCC(=O)O. The number of phenolic OH excluding ortho intramolecular Hbond substituents is 2. The Balaban J connectivity index is 0.893. The van der Waals surface area contributed by atoms with E-state index in [0.29, 0.717) is 0 Å². The second-order valence-corrected chi connectivity index (χ2v) is 26.6. The van der Waals surface area contributed by atoms with E-state index < -0.39 is 186 Å². The second-order valence-electron chi connectivity index (χ2n) is 26.6. The molecule has 10 rings (SSSR count). The number of aliphatic carboxylic acids is 1. The number of hydroxylamine groups is 4. The molecule has 5 saturated heterocycles. The highest BCUT2D eigenvalue weighted by molar-refractivity contribution is 6.31. The number of aliphatic hydroxyl groups excluding tert-OH is 2. The van der Waals surface area contributed by atoms with Crippen molar-refractivity contribution in [3.8, 4) is 17.2 Å². The van der Waals surface area contributed by atoms with E-state index in [1.165, 1.54) is 40.0 Å². The molecule has 6 aliphatic heterocycles. The van der Waals surface area contributed by atoms with Gasteiger partial charge in [0.1, 0.15) is 64.4 Å². The average Bonchev–Trinajstić information content (AvgIpc) is 0.700. The quantitative estimate of drug-likeness (QED) is 0.0527. The largest absolute Gasteiger partial charge is 0.507 e. The molecular formula is C60H86N4O26. The standard InChI is InChI=1S/C60H86N4O26/c1-24-45(68)31(61(9)10)18-36(80-24)84-33-21-57(5,74)20-29-40(33)48(71)42-43(47(29)70)49(72)41-28(46(42)69)14-15-30-52(41)89-56-50(73)44(62(11)12)55(60(30,8)90-56)88-39-23-59(7,64(77)78)54(27(4)83-39)87-38-22-58(6,63(75)76)53(26(3)82-38)86-37-19-32(79-13)51(25(2)81-37)85-35(67)17-16-34(65)66/h14-15,24-27,31-33,36-39,44-45,50-51,53-56,68,70-71,73-78H,16-23H2,1-13H3,(H,65,66)/t24?,25?,26?,27?,31?,32?,33?,36?,37?,38?,39?,44-,45?,50-,51?,53?,54?,55-,56?,57?,58?,59?,60+/m0/s1. The van der Waals surface area contributed by atoms with Crippen LogP contribution in [0.25, 0.3) is 0 Å². The lowest BCUT2D eigenvalue weighted by molar-refractivity contribution is -0.439. The van der Waals surface area contributed by atoms with Gasteiger partial charge in [0.2, 0.25) is 12.1 Å². The fraction of sp³-hybridized carbons (Fsp3) is 0.733. The molecule has 5 fully saturated rings. The number of carbonyl (C=O) groups is 4. The van der Waals surface area contributed by atoms with Crippen molar-refractivity contribution < 1.29 is 127 Å². The molecule has 23 atom stereocenters. The van der Waals surface area contributed by atoms with E-state index in [-0.39, 0.29) is 95.0 Å². The zero-order chi connectivity index (χ0) is 65.9. The molecule has 0 aromatic heterocycles. The van der Waals surface area contributed by atoms with Crippen LogP contribution in [-0.2, 0) is 73.7 Å². The lowest BCUT2D eigenvalue weighted by Crippen LogP contribution is -2.71. The third kappa shape index (κ3) is 12.1. The Hall–Kier alpha value is -4.72. The molecule has 2 aliphatic carbocycles. The topological polar surface area (TPSA) is 394 Å². The first kappa shape index (κ1) is 68.1. The maximum atomic E-state index is 15.3. The minimum absolute atomic E-state index is 0.00111. The first-order valence-electron chi connectivity index (χ1n) is 30.2. The van der Waals surface area contributed by atoms with Crippen LogP contribution < -0.4 is 4.74 Å². The predicted octanol–water partition coefficient (Wildman–Crippen LogP) is 2.34. The number of esters is 1. The van der Waals surface area contributed by atoms with Crippen LogP contribution in [0, 0.1) is 0 Å². The summed E-state index contributed by atoms with van der Waals surface area (Å²) in [5.41, 5.74) is -8.20. The predicted molar refractivity (Wildman–Crippen MR) is 301 cm³/mol. The molecule has 90 heavy (non-hydrogen) atoms. The Morgan fingerprint density at radius 1 is 0.667 bits per heavy atom. The number of aliphatic hydroxyl groups is 3. The van der Waals surface area contributed by atoms with Crippen molar-refractivity contribution in [1.82, 2.24) is 20.3 Å².